The highest BCUT2D eigenvalue weighted by molar-refractivity contribution is 5.50. The van der Waals surface area contributed by atoms with Crippen LogP contribution in [-0.4, -0.2) is 19.0 Å². The summed E-state index contributed by atoms with van der Waals surface area (Å²) in [6.45, 7) is 2.81. The van der Waals surface area contributed by atoms with E-state index in [0.717, 1.165) is 12.1 Å². The normalized spacial score (nSPS) is 19.6. The van der Waals surface area contributed by atoms with E-state index in [1.165, 1.54) is 12.1 Å². The van der Waals surface area contributed by atoms with E-state index in [2.05, 4.69) is 0 Å². The molecule has 1 aliphatic rings. The van der Waals surface area contributed by atoms with E-state index in [-0.39, 0.29) is 0 Å². The van der Waals surface area contributed by atoms with Crippen molar-refractivity contribution in [3.8, 4) is 0 Å². The first-order valence-corrected chi connectivity index (χ1v) is 5.53. The average molecular weight is 258 g/mol. The third-order valence-corrected chi connectivity index (χ3v) is 2.68. The number of halogens is 3. The lowest BCUT2D eigenvalue weighted by Crippen LogP contribution is -2.21. The van der Waals surface area contributed by atoms with Crippen molar-refractivity contribution in [1.82, 2.24) is 0 Å². The molecule has 5 heteroatoms. The summed E-state index contributed by atoms with van der Waals surface area (Å²) in [5.74, 6) is -0.775. The molecule has 0 spiro atoms. The summed E-state index contributed by atoms with van der Waals surface area (Å²) in [4.78, 5) is 0. The van der Waals surface area contributed by atoms with Gasteiger partial charge in [-0.2, -0.15) is 13.2 Å². The van der Waals surface area contributed by atoms with Crippen LogP contribution in [0.3, 0.4) is 0 Å². The van der Waals surface area contributed by atoms with Crippen LogP contribution in [0.25, 0.3) is 6.08 Å². The fourth-order valence-electron chi connectivity index (χ4n) is 1.66. The van der Waals surface area contributed by atoms with Crippen LogP contribution >= 0.6 is 0 Å². The van der Waals surface area contributed by atoms with Gasteiger partial charge in [-0.1, -0.05) is 18.2 Å². The summed E-state index contributed by atoms with van der Waals surface area (Å²) in [7, 11) is 0. The molecule has 1 heterocycles. The summed E-state index contributed by atoms with van der Waals surface area (Å²) in [5.41, 5.74) is 0.0163. The molecule has 0 unspecified atom stereocenters. The van der Waals surface area contributed by atoms with Crippen molar-refractivity contribution >= 4 is 6.08 Å². The van der Waals surface area contributed by atoms with Crippen LogP contribution in [0, 0.1) is 0 Å². The Morgan fingerprint density at radius 3 is 2.17 bits per heavy atom. The smallest absolute Gasteiger partial charge is 0.344 e. The highest BCUT2D eigenvalue weighted by atomic mass is 19.4. The van der Waals surface area contributed by atoms with Gasteiger partial charge in [0.1, 0.15) is 0 Å². The van der Waals surface area contributed by atoms with Gasteiger partial charge < -0.3 is 9.47 Å². The van der Waals surface area contributed by atoms with Crippen LogP contribution in [0.15, 0.2) is 30.3 Å². The summed E-state index contributed by atoms with van der Waals surface area (Å²) < 4.78 is 47.8. The predicted octanol–water partition coefficient (Wildman–Crippen LogP) is 3.48. The number of benzene rings is 1. The van der Waals surface area contributed by atoms with Gasteiger partial charge in [0.2, 0.25) is 0 Å². The molecule has 0 radical (unpaired) electrons. The molecule has 0 aromatic heterocycles. The molecule has 0 N–H and O–H groups in total. The maximum atomic E-state index is 12.4. The quantitative estimate of drug-likeness (QED) is 0.808. The highest BCUT2D eigenvalue weighted by Gasteiger charge is 2.30. The Bertz CT molecular complexity index is 429. The zero-order valence-corrected chi connectivity index (χ0v) is 9.83. The maximum absolute atomic E-state index is 12.4. The fourth-order valence-corrected chi connectivity index (χ4v) is 1.66. The molecule has 2 rings (SSSR count). The number of rotatable bonds is 2. The second-order valence-electron chi connectivity index (χ2n) is 4.17. The van der Waals surface area contributed by atoms with Crippen LogP contribution in [-0.2, 0) is 15.7 Å². The number of hydrogen-bond acceptors (Lipinski definition) is 2. The first kappa shape index (κ1) is 13.1. The molecule has 0 atom stereocenters. The molecular weight excluding hydrogens is 245 g/mol. The van der Waals surface area contributed by atoms with E-state index in [9.17, 15) is 13.2 Å². The topological polar surface area (TPSA) is 18.5 Å². The Kier molecular flexibility index (Phi) is 3.45. The Hall–Kier alpha value is -1.33. The van der Waals surface area contributed by atoms with Crippen molar-refractivity contribution in [2.24, 2.45) is 0 Å². The Labute approximate surface area is 103 Å². The highest BCUT2D eigenvalue weighted by Crippen LogP contribution is 2.29. The van der Waals surface area contributed by atoms with Crippen LogP contribution in [0.2, 0.25) is 0 Å². The number of alkyl halides is 3. The van der Waals surface area contributed by atoms with Gasteiger partial charge in [0.25, 0.3) is 0 Å². The number of ether oxygens (including phenoxy) is 2. The monoisotopic (exact) mass is 258 g/mol. The average Bonchev–Trinajstić information content (AvgIpc) is 2.74. The second-order valence-corrected chi connectivity index (χ2v) is 4.17. The predicted molar refractivity (Wildman–Crippen MR) is 60.8 cm³/mol. The summed E-state index contributed by atoms with van der Waals surface area (Å²) >= 11 is 0. The molecule has 1 aliphatic heterocycles. The lowest BCUT2D eigenvalue weighted by molar-refractivity contribution is -0.137. The maximum Gasteiger partial charge on any atom is 0.416 e. The van der Waals surface area contributed by atoms with Crippen LogP contribution in [0.4, 0.5) is 13.2 Å². The van der Waals surface area contributed by atoms with Gasteiger partial charge in [-0.3, -0.25) is 0 Å². The fraction of sp³-hybridized carbons (Fsp3) is 0.385. The van der Waals surface area contributed by atoms with Gasteiger partial charge in [0.15, 0.2) is 5.79 Å². The molecule has 0 amide bonds. The zero-order chi connectivity index (χ0) is 13.2. The first-order chi connectivity index (χ1) is 8.39. The molecule has 0 aliphatic carbocycles. The lowest BCUT2D eigenvalue weighted by atomic mass is 10.1. The molecule has 18 heavy (non-hydrogen) atoms. The molecule has 0 saturated carbocycles. The van der Waals surface area contributed by atoms with E-state index in [1.807, 2.05) is 0 Å². The number of hydrogen-bond donors (Lipinski definition) is 0. The van der Waals surface area contributed by atoms with E-state index in [4.69, 9.17) is 9.47 Å². The van der Waals surface area contributed by atoms with E-state index in [1.54, 1.807) is 19.1 Å². The van der Waals surface area contributed by atoms with Gasteiger partial charge in [-0.15, -0.1) is 0 Å². The first-order valence-electron chi connectivity index (χ1n) is 5.53. The van der Waals surface area contributed by atoms with Crippen molar-refractivity contribution in [2.75, 3.05) is 13.2 Å². The minimum Gasteiger partial charge on any atom is -0.344 e. The van der Waals surface area contributed by atoms with Crippen molar-refractivity contribution in [3.63, 3.8) is 0 Å². The molecular formula is C13H13F3O2. The van der Waals surface area contributed by atoms with Crippen molar-refractivity contribution in [2.45, 2.75) is 18.9 Å². The van der Waals surface area contributed by atoms with E-state index >= 15 is 0 Å². The van der Waals surface area contributed by atoms with Crippen molar-refractivity contribution in [3.05, 3.63) is 41.5 Å². The largest absolute Gasteiger partial charge is 0.416 e. The molecule has 1 aromatic rings. The zero-order valence-electron chi connectivity index (χ0n) is 9.83. The minimum absolute atomic E-state index is 0.522. The second kappa shape index (κ2) is 4.74. The molecule has 2 nitrogen and oxygen atoms in total. The molecule has 0 bridgehead atoms. The Morgan fingerprint density at radius 1 is 1.11 bits per heavy atom. The minimum atomic E-state index is -4.30. The van der Waals surface area contributed by atoms with Crippen LogP contribution in [0.5, 0.6) is 0 Å². The SMILES string of the molecule is CC1(/C=C/c2ccc(C(F)(F)F)cc2)OCCO1. The van der Waals surface area contributed by atoms with Gasteiger partial charge in [0, 0.05) is 0 Å². The van der Waals surface area contributed by atoms with Crippen LogP contribution < -0.4 is 0 Å². The van der Waals surface area contributed by atoms with Gasteiger partial charge in [-0.05, 0) is 30.7 Å². The Morgan fingerprint density at radius 2 is 1.67 bits per heavy atom. The molecule has 1 aromatic carbocycles. The third kappa shape index (κ3) is 3.11. The van der Waals surface area contributed by atoms with E-state index in [0.29, 0.717) is 18.8 Å². The van der Waals surface area contributed by atoms with Crippen molar-refractivity contribution in [1.29, 1.82) is 0 Å². The lowest BCUT2D eigenvalue weighted by Gasteiger charge is -2.17. The molecule has 1 fully saturated rings. The molecule has 98 valence electrons. The third-order valence-electron chi connectivity index (χ3n) is 2.68. The van der Waals surface area contributed by atoms with Crippen LogP contribution in [0.1, 0.15) is 18.1 Å². The molecule has 1 saturated heterocycles. The summed E-state index contributed by atoms with van der Waals surface area (Å²) in [5, 5.41) is 0. The van der Waals surface area contributed by atoms with Gasteiger partial charge in [0.05, 0.1) is 18.8 Å². The summed E-state index contributed by atoms with van der Waals surface area (Å²) in [6, 6.07) is 4.94. The van der Waals surface area contributed by atoms with E-state index < -0.39 is 17.5 Å². The standard InChI is InChI=1S/C13H13F3O2/c1-12(17-8-9-18-12)7-6-10-2-4-11(5-3-10)13(14,15)16/h2-7H,8-9H2,1H3/b7-6+. The van der Waals surface area contributed by atoms with Crippen molar-refractivity contribution < 1.29 is 22.6 Å². The Balaban J connectivity index is 2.09. The van der Waals surface area contributed by atoms with Gasteiger partial charge in [-0.25, -0.2) is 0 Å². The van der Waals surface area contributed by atoms with Gasteiger partial charge >= 0.3 is 6.18 Å². The summed E-state index contributed by atoms with van der Waals surface area (Å²) in [6.07, 6.45) is -0.917.